The molecule has 0 saturated carbocycles. The number of methoxy groups -OCH3 is 1. The summed E-state index contributed by atoms with van der Waals surface area (Å²) in [5, 5.41) is 4.08. The van der Waals surface area contributed by atoms with Crippen LogP contribution in [0.1, 0.15) is 10.4 Å². The smallest absolute Gasteiger partial charge is 0.339 e. The zero-order valence-corrected chi connectivity index (χ0v) is 8.98. The zero-order valence-electron chi connectivity index (χ0n) is 7.40. The number of halogens is 1. The van der Waals surface area contributed by atoms with E-state index in [2.05, 4.69) is 25.8 Å². The fraction of sp³-hybridized carbons (Fsp3) is 0.111. The number of nitrogens with zero attached hydrogens (tertiary/aromatic N) is 2. The second kappa shape index (κ2) is 3.42. The van der Waals surface area contributed by atoms with Crippen molar-refractivity contribution in [2.24, 2.45) is 0 Å². The minimum Gasteiger partial charge on any atom is -0.465 e. The average Bonchev–Trinajstić information content (AvgIpc) is 2.59. The van der Waals surface area contributed by atoms with E-state index in [4.69, 9.17) is 0 Å². The highest BCUT2D eigenvalue weighted by Gasteiger charge is 2.08. The van der Waals surface area contributed by atoms with Gasteiger partial charge in [0.2, 0.25) is 0 Å². The summed E-state index contributed by atoms with van der Waals surface area (Å²) in [5.74, 6) is -0.355. The predicted octanol–water partition coefficient (Wildman–Crippen LogP) is 1.88. The first-order valence-corrected chi connectivity index (χ1v) is 4.72. The molecule has 0 bridgehead atoms. The zero-order chi connectivity index (χ0) is 10.1. The van der Waals surface area contributed by atoms with Gasteiger partial charge in [0.15, 0.2) is 0 Å². The van der Waals surface area contributed by atoms with Crippen LogP contribution in [-0.4, -0.2) is 22.7 Å². The van der Waals surface area contributed by atoms with Crippen molar-refractivity contribution in [2.75, 3.05) is 7.11 Å². The second-order valence-corrected chi connectivity index (χ2v) is 3.68. The molecule has 5 heteroatoms. The predicted molar refractivity (Wildman–Crippen MR) is 54.2 cm³/mol. The monoisotopic (exact) mass is 254 g/mol. The maximum atomic E-state index is 11.2. The number of rotatable bonds is 1. The van der Waals surface area contributed by atoms with E-state index in [9.17, 15) is 4.79 Å². The Labute approximate surface area is 88.6 Å². The Morgan fingerprint density at radius 3 is 3.07 bits per heavy atom. The maximum absolute atomic E-state index is 11.2. The highest BCUT2D eigenvalue weighted by molar-refractivity contribution is 9.10. The Hall–Kier alpha value is -1.36. The molecule has 0 aliphatic rings. The third kappa shape index (κ3) is 1.50. The van der Waals surface area contributed by atoms with Crippen LogP contribution in [0.25, 0.3) is 5.52 Å². The summed E-state index contributed by atoms with van der Waals surface area (Å²) < 4.78 is 7.10. The van der Waals surface area contributed by atoms with Gasteiger partial charge in [-0.15, -0.1) is 0 Å². The summed E-state index contributed by atoms with van der Waals surface area (Å²) in [6.07, 6.45) is 3.29. The van der Waals surface area contributed by atoms with Crippen LogP contribution in [0.15, 0.2) is 29.0 Å². The molecule has 2 heterocycles. The summed E-state index contributed by atoms with van der Waals surface area (Å²) in [7, 11) is 1.36. The minimum absolute atomic E-state index is 0.355. The standard InChI is InChI=1S/C9H7BrN2O2/c1-14-9(13)6-2-8-3-7(10)4-11-12(8)5-6/h2-5H,1H3. The Kier molecular flexibility index (Phi) is 2.25. The number of aromatic nitrogens is 2. The molecule has 0 saturated heterocycles. The molecule has 2 rings (SSSR count). The van der Waals surface area contributed by atoms with Crippen molar-refractivity contribution in [3.8, 4) is 0 Å². The molecule has 4 nitrogen and oxygen atoms in total. The van der Waals surface area contributed by atoms with Gasteiger partial charge in [0.25, 0.3) is 0 Å². The molecule has 0 radical (unpaired) electrons. The van der Waals surface area contributed by atoms with Gasteiger partial charge in [-0.05, 0) is 28.1 Å². The van der Waals surface area contributed by atoms with Crippen LogP contribution < -0.4 is 0 Å². The molecule has 2 aromatic rings. The molecule has 0 unspecified atom stereocenters. The summed E-state index contributed by atoms with van der Waals surface area (Å²) in [4.78, 5) is 11.2. The van der Waals surface area contributed by atoms with Gasteiger partial charge >= 0.3 is 5.97 Å². The van der Waals surface area contributed by atoms with Crippen LogP contribution >= 0.6 is 15.9 Å². The average molecular weight is 255 g/mol. The third-order valence-electron chi connectivity index (χ3n) is 1.84. The molecule has 0 amide bonds. The molecule has 0 spiro atoms. The quantitative estimate of drug-likeness (QED) is 0.731. The van der Waals surface area contributed by atoms with Gasteiger partial charge < -0.3 is 4.74 Å². The van der Waals surface area contributed by atoms with Gasteiger partial charge in [-0.25, -0.2) is 9.31 Å². The number of hydrogen-bond acceptors (Lipinski definition) is 3. The van der Waals surface area contributed by atoms with Gasteiger partial charge in [0, 0.05) is 10.7 Å². The van der Waals surface area contributed by atoms with Crippen LogP contribution in [0.2, 0.25) is 0 Å². The van der Waals surface area contributed by atoms with E-state index in [1.165, 1.54) is 7.11 Å². The molecule has 72 valence electrons. The van der Waals surface area contributed by atoms with E-state index >= 15 is 0 Å². The molecule has 2 aromatic heterocycles. The lowest BCUT2D eigenvalue weighted by molar-refractivity contribution is 0.0601. The first-order valence-electron chi connectivity index (χ1n) is 3.93. The van der Waals surface area contributed by atoms with Crippen molar-refractivity contribution in [3.05, 3.63) is 34.6 Å². The van der Waals surface area contributed by atoms with Gasteiger partial charge in [-0.1, -0.05) is 0 Å². The van der Waals surface area contributed by atoms with E-state index in [0.717, 1.165) is 9.99 Å². The Morgan fingerprint density at radius 1 is 1.57 bits per heavy atom. The van der Waals surface area contributed by atoms with Gasteiger partial charge in [0.1, 0.15) is 0 Å². The molecule has 0 N–H and O–H groups in total. The molecule has 0 aromatic carbocycles. The van der Waals surface area contributed by atoms with E-state index in [0.29, 0.717) is 5.56 Å². The Balaban J connectivity index is 2.56. The molecule has 0 aliphatic carbocycles. The van der Waals surface area contributed by atoms with Gasteiger partial charge in [-0.3, -0.25) is 0 Å². The van der Waals surface area contributed by atoms with E-state index in [-0.39, 0.29) is 5.97 Å². The molecule has 14 heavy (non-hydrogen) atoms. The van der Waals surface area contributed by atoms with Crippen LogP contribution in [-0.2, 0) is 4.74 Å². The summed E-state index contributed by atoms with van der Waals surface area (Å²) in [6.45, 7) is 0. The van der Waals surface area contributed by atoms with Crippen molar-refractivity contribution in [3.63, 3.8) is 0 Å². The van der Waals surface area contributed by atoms with Crippen molar-refractivity contribution < 1.29 is 9.53 Å². The highest BCUT2D eigenvalue weighted by Crippen LogP contribution is 2.14. The van der Waals surface area contributed by atoms with Crippen LogP contribution in [0, 0.1) is 0 Å². The molecular formula is C9H7BrN2O2. The van der Waals surface area contributed by atoms with Gasteiger partial charge in [-0.2, -0.15) is 5.10 Å². The van der Waals surface area contributed by atoms with E-state index in [1.807, 2.05) is 6.07 Å². The highest BCUT2D eigenvalue weighted by atomic mass is 79.9. The third-order valence-corrected chi connectivity index (χ3v) is 2.28. The lowest BCUT2D eigenvalue weighted by Gasteiger charge is -1.92. The number of fused-ring (bicyclic) bond motifs is 1. The number of esters is 1. The van der Waals surface area contributed by atoms with Crippen LogP contribution in [0.3, 0.4) is 0 Å². The van der Waals surface area contributed by atoms with Crippen LogP contribution in [0.5, 0.6) is 0 Å². The number of carbonyl (C=O) groups excluding carboxylic acids is 1. The molecule has 0 fully saturated rings. The lowest BCUT2D eigenvalue weighted by Crippen LogP contribution is -1.98. The maximum Gasteiger partial charge on any atom is 0.339 e. The first-order chi connectivity index (χ1) is 6.70. The van der Waals surface area contributed by atoms with E-state index < -0.39 is 0 Å². The van der Waals surface area contributed by atoms with Crippen molar-refractivity contribution in [2.45, 2.75) is 0 Å². The Morgan fingerprint density at radius 2 is 2.36 bits per heavy atom. The lowest BCUT2D eigenvalue weighted by atomic mass is 10.3. The fourth-order valence-corrected chi connectivity index (χ4v) is 1.53. The van der Waals surface area contributed by atoms with Crippen molar-refractivity contribution in [1.82, 2.24) is 9.61 Å². The Bertz CT molecular complexity index is 493. The van der Waals surface area contributed by atoms with Crippen molar-refractivity contribution >= 4 is 27.4 Å². The fourth-order valence-electron chi connectivity index (χ4n) is 1.20. The van der Waals surface area contributed by atoms with Crippen LogP contribution in [0.4, 0.5) is 0 Å². The summed E-state index contributed by atoms with van der Waals surface area (Å²) in [5.41, 5.74) is 1.35. The topological polar surface area (TPSA) is 43.6 Å². The number of hydrogen-bond donors (Lipinski definition) is 0. The minimum atomic E-state index is -0.355. The second-order valence-electron chi connectivity index (χ2n) is 2.76. The van der Waals surface area contributed by atoms with Gasteiger partial charge in [0.05, 0.1) is 24.4 Å². The number of ether oxygens (including phenoxy) is 1. The molecular weight excluding hydrogens is 248 g/mol. The SMILES string of the molecule is COC(=O)c1cc2cc(Br)cnn2c1. The largest absolute Gasteiger partial charge is 0.465 e. The van der Waals surface area contributed by atoms with Crippen molar-refractivity contribution in [1.29, 1.82) is 0 Å². The number of carbonyl (C=O) groups is 1. The summed E-state index contributed by atoms with van der Waals surface area (Å²) in [6, 6.07) is 3.60. The molecule has 0 aliphatic heterocycles. The first kappa shape index (κ1) is 9.21. The summed E-state index contributed by atoms with van der Waals surface area (Å²) >= 11 is 3.30. The normalized spacial score (nSPS) is 10.4. The molecule has 0 atom stereocenters. The van der Waals surface area contributed by atoms with E-state index in [1.54, 1.807) is 23.0 Å².